The van der Waals surface area contributed by atoms with E-state index >= 15 is 0 Å². The largest absolute Gasteiger partial charge is 0.493 e. The number of hydrogen-bond donors (Lipinski definition) is 3. The van der Waals surface area contributed by atoms with Crippen LogP contribution in [0.3, 0.4) is 0 Å². The molecule has 0 radical (unpaired) electrons. The van der Waals surface area contributed by atoms with Crippen molar-refractivity contribution in [2.75, 3.05) is 11.9 Å². The summed E-state index contributed by atoms with van der Waals surface area (Å²) in [5, 5.41) is 8.47. The van der Waals surface area contributed by atoms with Crippen LogP contribution in [0.15, 0.2) is 12.1 Å². The van der Waals surface area contributed by atoms with Gasteiger partial charge >= 0.3 is 18.2 Å². The molecule has 1 aromatic carbocycles. The van der Waals surface area contributed by atoms with Gasteiger partial charge in [0.25, 0.3) is 0 Å². The predicted octanol–water partition coefficient (Wildman–Crippen LogP) is 3.75. The van der Waals surface area contributed by atoms with Crippen LogP contribution in [0.2, 0.25) is 0 Å². The molecule has 3 atom stereocenters. The van der Waals surface area contributed by atoms with Crippen LogP contribution >= 0.6 is 11.3 Å². The molecule has 1 aliphatic carbocycles. The second-order valence-corrected chi connectivity index (χ2v) is 10.1. The molecule has 0 unspecified atom stereocenters. The Morgan fingerprint density at radius 3 is 2.58 bits per heavy atom. The molecule has 12 heteroatoms. The Labute approximate surface area is 192 Å². The van der Waals surface area contributed by atoms with Crippen LogP contribution in [0.1, 0.15) is 39.2 Å². The van der Waals surface area contributed by atoms with Gasteiger partial charge in [0.05, 0.1) is 34.9 Å². The third kappa shape index (κ3) is 5.26. The van der Waals surface area contributed by atoms with Gasteiger partial charge in [0.2, 0.25) is 0 Å². The quantitative estimate of drug-likeness (QED) is 0.609. The number of halogens is 3. The minimum atomic E-state index is -5.02. The summed E-state index contributed by atoms with van der Waals surface area (Å²) in [5.41, 5.74) is 1.07. The molecule has 1 aliphatic heterocycles. The number of alkyl halides is 3. The molecule has 2 heterocycles. The Hall–Kier alpha value is -2.76. The molecule has 8 nitrogen and oxygen atoms in total. The zero-order chi connectivity index (χ0) is 24.0. The summed E-state index contributed by atoms with van der Waals surface area (Å²) >= 11 is 1.41. The smallest absolute Gasteiger partial charge is 0.471 e. The highest BCUT2D eigenvalue weighted by molar-refractivity contribution is 7.22. The first kappa shape index (κ1) is 23.4. The lowest BCUT2D eigenvalue weighted by atomic mass is 10.1. The lowest BCUT2D eigenvalue weighted by Gasteiger charge is -2.29. The van der Waals surface area contributed by atoms with E-state index in [1.807, 2.05) is 17.4 Å². The van der Waals surface area contributed by atoms with Gasteiger partial charge in [0, 0.05) is 12.0 Å². The van der Waals surface area contributed by atoms with E-state index in [9.17, 15) is 22.8 Å². The molecular formula is C21H25F3N4O4S. The molecule has 2 amide bonds. The number of hydrogen-bond acceptors (Lipinski definition) is 7. The van der Waals surface area contributed by atoms with E-state index in [2.05, 4.69) is 15.6 Å². The molecule has 4 rings (SSSR count). The van der Waals surface area contributed by atoms with Gasteiger partial charge in [-0.15, -0.1) is 0 Å². The van der Waals surface area contributed by atoms with E-state index in [0.717, 1.165) is 28.0 Å². The first-order valence-corrected chi connectivity index (χ1v) is 11.4. The number of alkyl carbamates (subject to hydrolysis) is 1. The molecule has 0 saturated heterocycles. The molecule has 0 bridgehead atoms. The number of aromatic nitrogens is 1. The van der Waals surface area contributed by atoms with E-state index in [4.69, 9.17) is 9.47 Å². The number of ether oxygens (including phenoxy) is 2. The van der Waals surface area contributed by atoms with Crippen LogP contribution in [-0.4, -0.2) is 53.5 Å². The summed E-state index contributed by atoms with van der Waals surface area (Å²) in [6, 6.07) is 1.61. The second-order valence-electron chi connectivity index (χ2n) is 9.08. The third-order valence-electron chi connectivity index (χ3n) is 5.45. The number of amides is 2. The van der Waals surface area contributed by atoms with Gasteiger partial charge in [-0.05, 0) is 45.7 Å². The molecule has 180 valence electrons. The fourth-order valence-electron chi connectivity index (χ4n) is 4.11. The van der Waals surface area contributed by atoms with Gasteiger partial charge in [-0.1, -0.05) is 11.3 Å². The number of carbonyl (C=O) groups is 2. The zero-order valence-electron chi connectivity index (χ0n) is 18.3. The SMILES string of the molecule is CC(C)(C)OC(=O)N[C@H]1[C@H](NC(=O)C(F)(F)F)CC[C@H]1Nc1nc2c3c(ccc2s1)OCC3. The van der Waals surface area contributed by atoms with Crippen molar-refractivity contribution in [1.29, 1.82) is 0 Å². The number of anilines is 1. The van der Waals surface area contributed by atoms with Crippen molar-refractivity contribution in [2.24, 2.45) is 0 Å². The normalized spacial score (nSPS) is 22.5. The van der Waals surface area contributed by atoms with Crippen LogP contribution < -0.4 is 20.7 Å². The summed E-state index contributed by atoms with van der Waals surface area (Å²) in [4.78, 5) is 28.6. The molecule has 33 heavy (non-hydrogen) atoms. The standard InChI is InChI=1S/C21H25F3N4O4S/c1-20(2,3)32-19(30)28-16-11(25-17(29)21(22,23)24)4-5-12(16)26-18-27-15-10-8-9-31-13(10)6-7-14(15)33-18/h6-7,11-12,16H,4-5,8-9H2,1-3H3,(H,25,29)(H,26,27)(H,28,30)/t11-,12-,16+/m1/s1. The highest BCUT2D eigenvalue weighted by atomic mass is 32.1. The van der Waals surface area contributed by atoms with Crippen molar-refractivity contribution in [3.05, 3.63) is 17.7 Å². The van der Waals surface area contributed by atoms with E-state index in [0.29, 0.717) is 18.2 Å². The Balaban J connectivity index is 1.54. The average Bonchev–Trinajstić information content (AvgIpc) is 3.39. The topological polar surface area (TPSA) is 102 Å². The van der Waals surface area contributed by atoms with E-state index in [1.165, 1.54) is 11.3 Å². The molecule has 2 aromatic rings. The van der Waals surface area contributed by atoms with Crippen LogP contribution in [0.4, 0.5) is 23.1 Å². The molecule has 2 aliphatic rings. The first-order valence-electron chi connectivity index (χ1n) is 10.6. The molecule has 3 N–H and O–H groups in total. The van der Waals surface area contributed by atoms with Crippen LogP contribution in [0.25, 0.3) is 10.2 Å². The Bertz CT molecular complexity index is 1070. The van der Waals surface area contributed by atoms with Crippen molar-refractivity contribution in [1.82, 2.24) is 15.6 Å². The number of nitrogens with one attached hydrogen (secondary N) is 3. The maximum atomic E-state index is 12.8. The van der Waals surface area contributed by atoms with Gasteiger partial charge in [0.1, 0.15) is 11.4 Å². The van der Waals surface area contributed by atoms with Crippen LogP contribution in [0.5, 0.6) is 5.75 Å². The number of nitrogens with zero attached hydrogens (tertiary/aromatic N) is 1. The van der Waals surface area contributed by atoms with Gasteiger partial charge in [-0.2, -0.15) is 13.2 Å². The van der Waals surface area contributed by atoms with Crippen molar-refractivity contribution in [3.63, 3.8) is 0 Å². The maximum absolute atomic E-state index is 12.8. The molecular weight excluding hydrogens is 461 g/mol. The molecule has 1 fully saturated rings. The predicted molar refractivity (Wildman–Crippen MR) is 117 cm³/mol. The Morgan fingerprint density at radius 2 is 1.88 bits per heavy atom. The second kappa shape index (κ2) is 8.54. The monoisotopic (exact) mass is 486 g/mol. The fourth-order valence-corrected chi connectivity index (χ4v) is 5.06. The average molecular weight is 487 g/mol. The van der Waals surface area contributed by atoms with E-state index in [1.54, 1.807) is 20.8 Å². The van der Waals surface area contributed by atoms with E-state index < -0.39 is 41.9 Å². The highest BCUT2D eigenvalue weighted by Crippen LogP contribution is 2.37. The van der Waals surface area contributed by atoms with Crippen molar-refractivity contribution in [3.8, 4) is 5.75 Å². The third-order valence-corrected chi connectivity index (χ3v) is 6.41. The first-order chi connectivity index (χ1) is 15.4. The number of benzene rings is 1. The van der Waals surface area contributed by atoms with Gasteiger partial charge in [0.15, 0.2) is 5.13 Å². The minimum Gasteiger partial charge on any atom is -0.493 e. The summed E-state index contributed by atoms with van der Waals surface area (Å²) < 4.78 is 50.3. The van der Waals surface area contributed by atoms with Gasteiger partial charge in [-0.3, -0.25) is 4.79 Å². The summed E-state index contributed by atoms with van der Waals surface area (Å²) in [5.74, 6) is -1.24. The van der Waals surface area contributed by atoms with Crippen LogP contribution in [0, 0.1) is 0 Å². The van der Waals surface area contributed by atoms with Crippen LogP contribution in [-0.2, 0) is 16.0 Å². The zero-order valence-corrected chi connectivity index (χ0v) is 19.2. The maximum Gasteiger partial charge on any atom is 0.471 e. The Morgan fingerprint density at radius 1 is 1.15 bits per heavy atom. The van der Waals surface area contributed by atoms with E-state index in [-0.39, 0.29) is 6.42 Å². The number of carbonyl (C=O) groups excluding carboxylic acids is 2. The summed E-state index contributed by atoms with van der Waals surface area (Å²) in [6.45, 7) is 5.65. The summed E-state index contributed by atoms with van der Waals surface area (Å²) in [6.07, 6.45) is -4.37. The van der Waals surface area contributed by atoms with Crippen molar-refractivity contribution < 1.29 is 32.2 Å². The van der Waals surface area contributed by atoms with Crippen molar-refractivity contribution in [2.45, 2.75) is 69.9 Å². The number of fused-ring (bicyclic) bond motifs is 3. The molecule has 1 saturated carbocycles. The highest BCUT2D eigenvalue weighted by Gasteiger charge is 2.45. The Kier molecular flexibility index (Phi) is 6.06. The lowest BCUT2D eigenvalue weighted by Crippen LogP contribution is -2.56. The molecule has 0 spiro atoms. The van der Waals surface area contributed by atoms with Gasteiger partial charge < -0.3 is 25.4 Å². The lowest BCUT2D eigenvalue weighted by molar-refractivity contribution is -0.174. The number of thiazole rings is 1. The fraction of sp³-hybridized carbons (Fsp3) is 0.571. The van der Waals surface area contributed by atoms with Crippen molar-refractivity contribution >= 4 is 38.7 Å². The number of rotatable bonds is 4. The summed E-state index contributed by atoms with van der Waals surface area (Å²) in [7, 11) is 0. The van der Waals surface area contributed by atoms with Gasteiger partial charge in [-0.25, -0.2) is 9.78 Å². The minimum absolute atomic E-state index is 0.244. The molecule has 1 aromatic heterocycles.